The molecule has 17 valence electrons. The molecule has 3 heteroatoms. The van der Waals surface area contributed by atoms with Crippen LogP contribution >= 0.6 is 0 Å². The molecule has 0 rings (SSSR count). The molecule has 0 unspecified atom stereocenters. The maximum absolute atomic E-state index is 3.31. The Morgan fingerprint density at radius 2 is 1.75 bits per heavy atom. The van der Waals surface area contributed by atoms with Crippen molar-refractivity contribution in [3.05, 3.63) is 0 Å². The summed E-state index contributed by atoms with van der Waals surface area (Å²) in [6, 6.07) is 0. The second kappa shape index (κ2) is 8.90. The van der Waals surface area contributed by atoms with Crippen molar-refractivity contribution in [1.29, 1.82) is 0 Å². The van der Waals surface area contributed by atoms with Crippen molar-refractivity contribution < 1.29 is 34.0 Å². The van der Waals surface area contributed by atoms with Crippen molar-refractivity contribution in [1.82, 2.24) is 0 Å². The molecule has 0 aromatic heterocycles. The first-order chi connectivity index (χ1) is 1.41. The molecular formula is CH4NaOSi+2. The van der Waals surface area contributed by atoms with Gasteiger partial charge >= 0.3 is 40.0 Å². The van der Waals surface area contributed by atoms with E-state index in [-0.39, 0.29) is 29.6 Å². The smallest absolute Gasteiger partial charge is 0.525 e. The molecule has 4 heavy (non-hydrogen) atoms. The zero-order valence-corrected chi connectivity index (χ0v) is 5.95. The number of aliphatic hydroxyl groups is 1. The molecule has 3 radical (unpaired) electrons. The number of hydrogen-bond acceptors (Lipinski definition) is 0. The third kappa shape index (κ3) is 10.9. The van der Waals surface area contributed by atoms with E-state index in [2.05, 4.69) is 14.9 Å². The molecular weight excluding hydrogens is 79.1 g/mol. The van der Waals surface area contributed by atoms with E-state index in [4.69, 9.17) is 0 Å². The van der Waals surface area contributed by atoms with E-state index >= 15 is 0 Å². The summed E-state index contributed by atoms with van der Waals surface area (Å²) >= 11 is 0. The van der Waals surface area contributed by atoms with Crippen LogP contribution in [-0.2, 0) is 0 Å². The normalized spacial score (nSPS) is 4.50. The molecule has 0 heterocycles. The van der Waals surface area contributed by atoms with Gasteiger partial charge in [-0.05, 0) is 0 Å². The third-order valence-corrected chi connectivity index (χ3v) is 0. The van der Waals surface area contributed by atoms with Crippen LogP contribution in [0.2, 0.25) is 0 Å². The molecule has 0 aromatic carbocycles. The predicted octanol–water partition coefficient (Wildman–Crippen LogP) is -3.77. The average Bonchev–Trinajstić information content (AvgIpc) is 0.918. The topological polar surface area (TPSA) is 12.8 Å². The zero-order valence-electron chi connectivity index (χ0n) is 2.95. The van der Waals surface area contributed by atoms with E-state index in [0.717, 1.165) is 0 Å². The van der Waals surface area contributed by atoms with Gasteiger partial charge in [0.1, 0.15) is 7.11 Å². The van der Waals surface area contributed by atoms with Crippen molar-refractivity contribution in [2.75, 3.05) is 7.11 Å². The van der Waals surface area contributed by atoms with Crippen LogP contribution < -0.4 is 29.6 Å². The van der Waals surface area contributed by atoms with E-state index in [9.17, 15) is 0 Å². The van der Waals surface area contributed by atoms with Crippen LogP contribution in [0.25, 0.3) is 0 Å². The Hall–Kier alpha value is 1.18. The summed E-state index contributed by atoms with van der Waals surface area (Å²) in [5, 5.41) is 0. The van der Waals surface area contributed by atoms with Crippen LogP contribution in [0, 0.1) is 0 Å². The van der Waals surface area contributed by atoms with Crippen molar-refractivity contribution in [3.63, 3.8) is 0 Å². The summed E-state index contributed by atoms with van der Waals surface area (Å²) < 4.78 is 3.31. The fraction of sp³-hybridized carbons (Fsp3) is 1.00. The molecule has 0 bridgehead atoms. The molecule has 0 spiro atoms. The van der Waals surface area contributed by atoms with Gasteiger partial charge < -0.3 is 4.43 Å². The molecule has 0 aliphatic rings. The van der Waals surface area contributed by atoms with Crippen molar-refractivity contribution in [3.8, 4) is 0 Å². The SMILES string of the molecule is C[OH+][Si].[Na+]. The maximum atomic E-state index is 3.31. The van der Waals surface area contributed by atoms with E-state index in [1.807, 2.05) is 0 Å². The molecule has 0 amide bonds. The number of hydrogen-bond donors (Lipinski definition) is 0. The minimum atomic E-state index is 0. The van der Waals surface area contributed by atoms with Crippen LogP contribution in [0.3, 0.4) is 0 Å². The molecule has 0 aliphatic heterocycles. The zero-order chi connectivity index (χ0) is 2.71. The number of rotatable bonds is 0. The summed E-state index contributed by atoms with van der Waals surface area (Å²) in [4.78, 5) is 0. The van der Waals surface area contributed by atoms with Crippen molar-refractivity contribution in [2.45, 2.75) is 0 Å². The Kier molecular flexibility index (Phi) is 19.9. The largest absolute Gasteiger partial charge is 1.00 e. The van der Waals surface area contributed by atoms with E-state index in [1.165, 1.54) is 0 Å². The van der Waals surface area contributed by atoms with Gasteiger partial charge in [0.25, 0.3) is 0 Å². The van der Waals surface area contributed by atoms with Crippen LogP contribution in [0.4, 0.5) is 0 Å². The van der Waals surface area contributed by atoms with E-state index in [1.54, 1.807) is 7.11 Å². The molecule has 0 saturated carbocycles. The van der Waals surface area contributed by atoms with Gasteiger partial charge in [-0.25, -0.2) is 0 Å². The van der Waals surface area contributed by atoms with Crippen LogP contribution in [0.5, 0.6) is 0 Å². The van der Waals surface area contributed by atoms with Crippen LogP contribution in [-0.4, -0.2) is 22.0 Å². The van der Waals surface area contributed by atoms with Gasteiger partial charge in [0.15, 0.2) is 0 Å². The molecule has 0 atom stereocenters. The summed E-state index contributed by atoms with van der Waals surface area (Å²) in [5.41, 5.74) is 0. The summed E-state index contributed by atoms with van der Waals surface area (Å²) in [7, 11) is 4.47. The molecule has 1 nitrogen and oxygen atoms in total. The monoisotopic (exact) mass is 83.0 g/mol. The standard InChI is InChI=1S/CH4OSi.Na/c1-2-3;/h2H,1H3;/q2*+1. The van der Waals surface area contributed by atoms with Gasteiger partial charge in [0.05, 0.1) is 0 Å². The first-order valence-corrected chi connectivity index (χ1v) is 1.12. The van der Waals surface area contributed by atoms with E-state index < -0.39 is 0 Å². The fourth-order valence-electron chi connectivity index (χ4n) is 0. The Bertz CT molecular complexity index is 8.00. The van der Waals surface area contributed by atoms with E-state index in [0.29, 0.717) is 0 Å². The van der Waals surface area contributed by atoms with Crippen molar-refractivity contribution >= 4 is 10.5 Å². The maximum Gasteiger partial charge on any atom is 1.00 e. The molecule has 0 fully saturated rings. The first-order valence-electron chi connectivity index (χ1n) is 0.671. The van der Waals surface area contributed by atoms with Crippen molar-refractivity contribution in [2.24, 2.45) is 0 Å². The minimum absolute atomic E-state index is 0. The summed E-state index contributed by atoms with van der Waals surface area (Å²) in [6.45, 7) is 0. The summed E-state index contributed by atoms with van der Waals surface area (Å²) in [5.74, 6) is 0. The third-order valence-electron chi connectivity index (χ3n) is 0. The Labute approximate surface area is 51.6 Å². The van der Waals surface area contributed by atoms with Crippen LogP contribution in [0.1, 0.15) is 0 Å². The Balaban J connectivity index is 0. The fourth-order valence-corrected chi connectivity index (χ4v) is 0. The minimum Gasteiger partial charge on any atom is -0.525 e. The molecule has 1 N–H and O–H groups in total. The Morgan fingerprint density at radius 3 is 1.75 bits per heavy atom. The van der Waals surface area contributed by atoms with Crippen LogP contribution in [0.15, 0.2) is 0 Å². The predicted molar refractivity (Wildman–Crippen MR) is 13.9 cm³/mol. The molecule has 0 aromatic rings. The second-order valence-corrected chi connectivity index (χ2v) is 0.671. The van der Waals surface area contributed by atoms with Gasteiger partial charge in [-0.2, -0.15) is 0 Å². The van der Waals surface area contributed by atoms with Gasteiger partial charge in [0, 0.05) is 0 Å². The summed E-state index contributed by atoms with van der Waals surface area (Å²) in [6.07, 6.45) is 0. The molecule has 0 aliphatic carbocycles. The van der Waals surface area contributed by atoms with Gasteiger partial charge in [-0.15, -0.1) is 0 Å². The van der Waals surface area contributed by atoms with Gasteiger partial charge in [-0.1, -0.05) is 0 Å². The quantitative estimate of drug-likeness (QED) is 0.211. The van der Waals surface area contributed by atoms with Gasteiger partial charge in [0.2, 0.25) is 0 Å². The van der Waals surface area contributed by atoms with Gasteiger partial charge in [-0.3, -0.25) is 0 Å². The second-order valence-electron chi connectivity index (χ2n) is 0.224. The first kappa shape index (κ1) is 8.95. The average molecular weight is 83.1 g/mol. The molecule has 0 saturated heterocycles. The Morgan fingerprint density at radius 1 is 1.75 bits per heavy atom.